The summed E-state index contributed by atoms with van der Waals surface area (Å²) < 4.78 is 5.45. The number of aliphatic hydroxyl groups is 1. The minimum absolute atomic E-state index is 0.0834. The van der Waals surface area contributed by atoms with Crippen LogP contribution in [0.15, 0.2) is 57.7 Å². The largest absolute Gasteiger partial charge is 0.422 e. The third-order valence-corrected chi connectivity index (χ3v) is 6.49. The third-order valence-electron chi connectivity index (χ3n) is 5.34. The summed E-state index contributed by atoms with van der Waals surface area (Å²) in [4.78, 5) is 13.5. The van der Waals surface area contributed by atoms with Gasteiger partial charge in [0.2, 0.25) is 0 Å². The van der Waals surface area contributed by atoms with E-state index in [2.05, 4.69) is 6.07 Å². The fourth-order valence-corrected chi connectivity index (χ4v) is 5.36. The highest BCUT2D eigenvalue weighted by Crippen LogP contribution is 2.48. The minimum atomic E-state index is -0.604. The summed E-state index contributed by atoms with van der Waals surface area (Å²) in [6, 6.07) is 15.5. The molecule has 0 amide bonds. The van der Waals surface area contributed by atoms with Crippen LogP contribution in [0.2, 0.25) is 0 Å². The average molecular weight is 363 g/mol. The molecule has 0 fully saturated rings. The highest BCUT2D eigenvalue weighted by molar-refractivity contribution is 7.18. The number of para-hydroxylation sites is 1. The number of rotatable bonds is 1. The Kier molecular flexibility index (Phi) is 3.42. The van der Waals surface area contributed by atoms with Crippen LogP contribution in [0.3, 0.4) is 0 Å². The van der Waals surface area contributed by atoms with Crippen molar-refractivity contribution >= 4 is 38.1 Å². The Balaban J connectivity index is 1.79. The number of benzene rings is 2. The number of hydrogen-bond donors (Lipinski definition) is 2. The zero-order valence-electron chi connectivity index (χ0n) is 13.9. The van der Waals surface area contributed by atoms with E-state index in [1.807, 2.05) is 36.4 Å². The summed E-state index contributed by atoms with van der Waals surface area (Å²) in [5, 5.41) is 13.7. The SMILES string of the molecule is Nc1sc([C@@H]2CCc3ccccc3[C@H]2O)c2c1c(=O)oc1ccccc12. The van der Waals surface area contributed by atoms with Crippen LogP contribution in [0.4, 0.5) is 5.00 Å². The first-order valence-corrected chi connectivity index (χ1v) is 9.46. The van der Waals surface area contributed by atoms with Crippen LogP contribution in [-0.4, -0.2) is 5.11 Å². The summed E-state index contributed by atoms with van der Waals surface area (Å²) >= 11 is 1.40. The van der Waals surface area contributed by atoms with Crippen molar-refractivity contribution in [2.45, 2.75) is 24.9 Å². The summed E-state index contributed by atoms with van der Waals surface area (Å²) in [7, 11) is 0. The molecule has 4 aromatic rings. The molecule has 130 valence electrons. The van der Waals surface area contributed by atoms with Gasteiger partial charge in [-0.15, -0.1) is 11.3 Å². The van der Waals surface area contributed by atoms with Gasteiger partial charge in [-0.2, -0.15) is 0 Å². The van der Waals surface area contributed by atoms with Crippen molar-refractivity contribution in [3.63, 3.8) is 0 Å². The molecule has 0 aliphatic heterocycles. The first kappa shape index (κ1) is 15.6. The predicted molar refractivity (Wildman–Crippen MR) is 105 cm³/mol. The Morgan fingerprint density at radius 2 is 1.85 bits per heavy atom. The molecule has 26 heavy (non-hydrogen) atoms. The van der Waals surface area contributed by atoms with E-state index in [1.165, 1.54) is 16.9 Å². The fraction of sp³-hybridized carbons (Fsp3) is 0.190. The van der Waals surface area contributed by atoms with Crippen molar-refractivity contribution in [2.75, 3.05) is 5.73 Å². The van der Waals surface area contributed by atoms with Gasteiger partial charge in [-0.05, 0) is 30.0 Å². The number of nitrogen functional groups attached to an aromatic ring is 1. The molecule has 0 unspecified atom stereocenters. The van der Waals surface area contributed by atoms with Crippen molar-refractivity contribution < 1.29 is 9.52 Å². The summed E-state index contributed by atoms with van der Waals surface area (Å²) in [5.74, 6) is -0.0834. The van der Waals surface area contributed by atoms with Gasteiger partial charge < -0.3 is 15.3 Å². The molecule has 0 spiro atoms. The molecule has 0 radical (unpaired) electrons. The molecule has 2 aromatic carbocycles. The lowest BCUT2D eigenvalue weighted by atomic mass is 9.80. The number of nitrogens with two attached hydrogens (primary N) is 1. The predicted octanol–water partition coefficient (Wildman–Crippen LogP) is 4.35. The number of fused-ring (bicyclic) bond motifs is 4. The molecule has 2 atom stereocenters. The summed E-state index contributed by atoms with van der Waals surface area (Å²) in [6.07, 6.45) is 1.12. The Hall–Kier alpha value is -2.63. The summed E-state index contributed by atoms with van der Waals surface area (Å²) in [5.41, 5.74) is 8.49. The van der Waals surface area contributed by atoms with Gasteiger partial charge in [0.1, 0.15) is 16.0 Å². The highest BCUT2D eigenvalue weighted by atomic mass is 32.1. The topological polar surface area (TPSA) is 76.5 Å². The molecule has 2 aromatic heterocycles. The van der Waals surface area contributed by atoms with Crippen LogP contribution in [0.1, 0.15) is 34.4 Å². The Morgan fingerprint density at radius 3 is 2.73 bits per heavy atom. The van der Waals surface area contributed by atoms with Crippen LogP contribution < -0.4 is 11.4 Å². The molecular weight excluding hydrogens is 346 g/mol. The standard InChI is InChI=1S/C21H17NO3S/c22-20-17-16(13-7-3-4-8-15(13)25-21(17)24)19(26-20)14-10-9-11-5-1-2-6-12(11)18(14)23/h1-8,14,18,23H,9-10,22H2/t14-,18-/m1/s1. The lowest BCUT2D eigenvalue weighted by molar-refractivity contribution is 0.133. The Bertz CT molecular complexity index is 1210. The van der Waals surface area contributed by atoms with Crippen LogP contribution in [0.5, 0.6) is 0 Å². The van der Waals surface area contributed by atoms with Gasteiger partial charge in [-0.1, -0.05) is 42.5 Å². The molecule has 2 heterocycles. The lowest BCUT2D eigenvalue weighted by Gasteiger charge is -2.29. The van der Waals surface area contributed by atoms with Crippen LogP contribution in [-0.2, 0) is 6.42 Å². The van der Waals surface area contributed by atoms with Crippen molar-refractivity contribution in [3.05, 3.63) is 75.0 Å². The Morgan fingerprint density at radius 1 is 1.08 bits per heavy atom. The second-order valence-corrected chi connectivity index (χ2v) is 7.84. The molecule has 1 aliphatic rings. The second kappa shape index (κ2) is 5.69. The van der Waals surface area contributed by atoms with E-state index >= 15 is 0 Å². The van der Waals surface area contributed by atoms with E-state index < -0.39 is 11.7 Å². The molecule has 1 aliphatic carbocycles. The summed E-state index contributed by atoms with van der Waals surface area (Å²) in [6.45, 7) is 0. The van der Waals surface area contributed by atoms with Gasteiger partial charge in [-0.25, -0.2) is 4.79 Å². The molecule has 5 rings (SSSR count). The van der Waals surface area contributed by atoms with E-state index in [0.29, 0.717) is 16.0 Å². The molecular formula is C21H17NO3S. The van der Waals surface area contributed by atoms with Crippen LogP contribution >= 0.6 is 11.3 Å². The van der Waals surface area contributed by atoms with E-state index in [4.69, 9.17) is 10.2 Å². The van der Waals surface area contributed by atoms with Crippen molar-refractivity contribution in [2.24, 2.45) is 0 Å². The van der Waals surface area contributed by atoms with E-state index in [1.54, 1.807) is 6.07 Å². The first-order valence-electron chi connectivity index (χ1n) is 8.64. The molecule has 0 saturated carbocycles. The van der Waals surface area contributed by atoms with Crippen LogP contribution in [0.25, 0.3) is 21.7 Å². The van der Waals surface area contributed by atoms with E-state index in [0.717, 1.165) is 34.1 Å². The minimum Gasteiger partial charge on any atom is -0.422 e. The molecule has 3 N–H and O–H groups in total. The number of thiophene rings is 1. The maximum absolute atomic E-state index is 12.5. The van der Waals surface area contributed by atoms with Gasteiger partial charge in [-0.3, -0.25) is 0 Å². The van der Waals surface area contributed by atoms with Gasteiger partial charge in [0.25, 0.3) is 0 Å². The number of aliphatic hydroxyl groups excluding tert-OH is 1. The number of aryl methyl sites for hydroxylation is 1. The van der Waals surface area contributed by atoms with Gasteiger partial charge in [0.15, 0.2) is 0 Å². The second-order valence-electron chi connectivity index (χ2n) is 6.76. The van der Waals surface area contributed by atoms with Crippen LogP contribution in [0, 0.1) is 0 Å². The normalized spacial score (nSPS) is 19.7. The quantitative estimate of drug-likeness (QED) is 0.493. The molecule has 0 saturated heterocycles. The zero-order chi connectivity index (χ0) is 17.8. The highest BCUT2D eigenvalue weighted by Gasteiger charge is 2.33. The van der Waals surface area contributed by atoms with Crippen molar-refractivity contribution in [1.82, 2.24) is 0 Å². The maximum Gasteiger partial charge on any atom is 0.347 e. The fourth-order valence-electron chi connectivity index (χ4n) is 4.12. The van der Waals surface area contributed by atoms with E-state index in [9.17, 15) is 9.90 Å². The van der Waals surface area contributed by atoms with E-state index in [-0.39, 0.29) is 5.92 Å². The first-order chi connectivity index (χ1) is 12.6. The average Bonchev–Trinajstić information content (AvgIpc) is 3.00. The number of hydrogen-bond acceptors (Lipinski definition) is 5. The Labute approximate surface area is 153 Å². The van der Waals surface area contributed by atoms with Gasteiger partial charge >= 0.3 is 5.63 Å². The lowest BCUT2D eigenvalue weighted by Crippen LogP contribution is -2.18. The smallest absolute Gasteiger partial charge is 0.347 e. The van der Waals surface area contributed by atoms with Crippen molar-refractivity contribution in [1.29, 1.82) is 0 Å². The maximum atomic E-state index is 12.5. The van der Waals surface area contributed by atoms with Crippen molar-refractivity contribution in [3.8, 4) is 0 Å². The molecule has 4 nitrogen and oxygen atoms in total. The zero-order valence-corrected chi connectivity index (χ0v) is 14.8. The van der Waals surface area contributed by atoms with Gasteiger partial charge in [0.05, 0.1) is 6.10 Å². The molecule has 5 heteroatoms. The molecule has 0 bridgehead atoms. The van der Waals surface area contributed by atoms with Gasteiger partial charge in [0, 0.05) is 21.6 Å². The third kappa shape index (κ3) is 2.14. The number of anilines is 1. The monoisotopic (exact) mass is 363 g/mol.